The van der Waals surface area contributed by atoms with E-state index in [1.165, 1.54) is 10.6 Å². The van der Waals surface area contributed by atoms with Crippen LogP contribution in [0.15, 0.2) is 28.2 Å². The van der Waals surface area contributed by atoms with Gasteiger partial charge in [0.25, 0.3) is 0 Å². The third kappa shape index (κ3) is 4.44. The molecule has 2 N–H and O–H groups in total. The van der Waals surface area contributed by atoms with Gasteiger partial charge in [-0.15, -0.1) is 5.10 Å². The van der Waals surface area contributed by atoms with Crippen LogP contribution in [0, 0.1) is 11.6 Å². The molecule has 0 saturated carbocycles. The van der Waals surface area contributed by atoms with Crippen LogP contribution in [0.5, 0.6) is 0 Å². The molecular formula is C15H18F2N4O2S. The molecule has 0 fully saturated rings. The number of nitrogens with zero attached hydrogens (tertiary/aromatic N) is 2. The first-order valence-electron chi connectivity index (χ1n) is 7.44. The number of thioether (sulfide) groups is 1. The first-order valence-corrected chi connectivity index (χ1v) is 8.43. The maximum atomic E-state index is 13.7. The molecule has 0 aliphatic heterocycles. The quantitative estimate of drug-likeness (QED) is 0.746. The zero-order valence-electron chi connectivity index (χ0n) is 13.3. The van der Waals surface area contributed by atoms with Crippen LogP contribution in [0.3, 0.4) is 0 Å². The van der Waals surface area contributed by atoms with E-state index in [-0.39, 0.29) is 22.9 Å². The molecule has 0 unspecified atom stereocenters. The topological polar surface area (TPSA) is 79.8 Å². The number of aromatic amines is 1. The Morgan fingerprint density at radius 1 is 1.46 bits per heavy atom. The van der Waals surface area contributed by atoms with Crippen LogP contribution in [-0.4, -0.2) is 26.4 Å². The molecule has 6 nitrogen and oxygen atoms in total. The Morgan fingerprint density at radius 3 is 2.88 bits per heavy atom. The van der Waals surface area contributed by atoms with E-state index < -0.39 is 17.7 Å². The zero-order valence-corrected chi connectivity index (χ0v) is 14.1. The Hall–Kier alpha value is -2.16. The third-order valence-corrected chi connectivity index (χ3v) is 4.29. The van der Waals surface area contributed by atoms with E-state index in [1.807, 2.05) is 6.92 Å². The van der Waals surface area contributed by atoms with Gasteiger partial charge < -0.3 is 5.32 Å². The molecule has 2 rings (SSSR count). The fourth-order valence-electron chi connectivity index (χ4n) is 2.18. The van der Waals surface area contributed by atoms with Crippen molar-refractivity contribution in [1.29, 1.82) is 0 Å². The van der Waals surface area contributed by atoms with Crippen LogP contribution in [0.25, 0.3) is 0 Å². The minimum absolute atomic E-state index is 0.0289. The summed E-state index contributed by atoms with van der Waals surface area (Å²) < 4.78 is 28.1. The number of carbonyl (C=O) groups excluding carboxylic acids is 1. The van der Waals surface area contributed by atoms with Crippen molar-refractivity contribution in [2.75, 3.05) is 5.75 Å². The molecule has 0 radical (unpaired) electrons. The van der Waals surface area contributed by atoms with E-state index in [2.05, 4.69) is 15.5 Å². The Labute approximate surface area is 141 Å². The van der Waals surface area contributed by atoms with E-state index in [0.717, 1.165) is 30.3 Å². The Bertz CT molecular complexity index is 775. The van der Waals surface area contributed by atoms with E-state index in [4.69, 9.17) is 0 Å². The smallest absolute Gasteiger partial charge is 0.343 e. The van der Waals surface area contributed by atoms with Crippen LogP contribution < -0.4 is 11.0 Å². The van der Waals surface area contributed by atoms with Crippen LogP contribution in [-0.2, 0) is 11.3 Å². The minimum atomic E-state index is -0.709. The number of benzene rings is 1. The summed E-state index contributed by atoms with van der Waals surface area (Å²) >= 11 is 1.11. The van der Waals surface area contributed by atoms with E-state index in [0.29, 0.717) is 11.7 Å². The summed E-state index contributed by atoms with van der Waals surface area (Å²) in [7, 11) is 0. The lowest BCUT2D eigenvalue weighted by atomic mass is 10.1. The summed E-state index contributed by atoms with van der Waals surface area (Å²) in [5.41, 5.74) is -0.112. The summed E-state index contributed by atoms with van der Waals surface area (Å²) in [6.45, 7) is 4.05. The molecule has 0 spiro atoms. The van der Waals surface area contributed by atoms with Gasteiger partial charge in [-0.3, -0.25) is 9.36 Å². The lowest BCUT2D eigenvalue weighted by molar-refractivity contribution is -0.119. The zero-order chi connectivity index (χ0) is 17.7. The lowest BCUT2D eigenvalue weighted by Crippen LogP contribution is -2.29. The number of aromatic nitrogens is 3. The molecule has 0 bridgehead atoms. The molecule has 0 aliphatic rings. The van der Waals surface area contributed by atoms with Gasteiger partial charge in [0, 0.05) is 18.2 Å². The highest BCUT2D eigenvalue weighted by atomic mass is 32.2. The second-order valence-corrected chi connectivity index (χ2v) is 6.15. The Balaban J connectivity index is 1.95. The highest BCUT2D eigenvalue weighted by molar-refractivity contribution is 7.99. The van der Waals surface area contributed by atoms with Crippen molar-refractivity contribution in [3.8, 4) is 0 Å². The molecule has 0 saturated heterocycles. The molecule has 9 heteroatoms. The molecular weight excluding hydrogens is 338 g/mol. The van der Waals surface area contributed by atoms with Crippen molar-refractivity contribution in [3.05, 3.63) is 45.9 Å². The number of H-pyrrole nitrogens is 1. The molecule has 2 aromatic rings. The van der Waals surface area contributed by atoms with Gasteiger partial charge in [0.1, 0.15) is 11.6 Å². The van der Waals surface area contributed by atoms with Crippen molar-refractivity contribution < 1.29 is 13.6 Å². The Kier molecular flexibility index (Phi) is 6.13. The van der Waals surface area contributed by atoms with Gasteiger partial charge in [-0.05, 0) is 19.4 Å². The van der Waals surface area contributed by atoms with Crippen LogP contribution in [0.4, 0.5) is 8.78 Å². The number of hydrogen-bond acceptors (Lipinski definition) is 4. The largest absolute Gasteiger partial charge is 0.349 e. The predicted octanol–water partition coefficient (Wildman–Crippen LogP) is 2.23. The summed E-state index contributed by atoms with van der Waals surface area (Å²) in [5, 5.41) is 9.28. The number of nitrogens with one attached hydrogen (secondary N) is 2. The lowest BCUT2D eigenvalue weighted by Gasteiger charge is -2.15. The molecule has 24 heavy (non-hydrogen) atoms. The fourth-order valence-corrected chi connectivity index (χ4v) is 2.96. The number of hydrogen-bond donors (Lipinski definition) is 2. The highest BCUT2D eigenvalue weighted by Gasteiger charge is 2.16. The van der Waals surface area contributed by atoms with Gasteiger partial charge in [0.05, 0.1) is 11.8 Å². The van der Waals surface area contributed by atoms with Gasteiger partial charge in [0.2, 0.25) is 5.91 Å². The standard InChI is InChI=1S/C15H18F2N4O2S/c1-3-6-21-14(23)19-20-15(21)24-8-13(22)18-9(2)11-5-4-10(16)7-12(11)17/h4-5,7,9H,3,6,8H2,1-2H3,(H,18,22)(H,19,23)/t9-/m0/s1. The van der Waals surface area contributed by atoms with Crippen molar-refractivity contribution in [1.82, 2.24) is 20.1 Å². The van der Waals surface area contributed by atoms with Crippen LogP contribution >= 0.6 is 11.8 Å². The van der Waals surface area contributed by atoms with Gasteiger partial charge in [-0.2, -0.15) is 0 Å². The Morgan fingerprint density at radius 2 is 2.21 bits per heavy atom. The maximum Gasteiger partial charge on any atom is 0.343 e. The SMILES string of the molecule is CCCn1c(SCC(=O)N[C@@H](C)c2ccc(F)cc2F)n[nH]c1=O. The average Bonchev–Trinajstić information content (AvgIpc) is 2.86. The second kappa shape index (κ2) is 8.09. The van der Waals surface area contributed by atoms with Gasteiger partial charge >= 0.3 is 5.69 Å². The third-order valence-electron chi connectivity index (χ3n) is 3.31. The highest BCUT2D eigenvalue weighted by Crippen LogP contribution is 2.18. The number of rotatable bonds is 7. The normalized spacial score (nSPS) is 12.2. The summed E-state index contributed by atoms with van der Waals surface area (Å²) in [4.78, 5) is 23.6. The number of halogens is 2. The number of carbonyl (C=O) groups is 1. The van der Waals surface area contributed by atoms with Crippen molar-refractivity contribution in [2.24, 2.45) is 0 Å². The predicted molar refractivity (Wildman–Crippen MR) is 86.8 cm³/mol. The second-order valence-electron chi connectivity index (χ2n) is 5.21. The number of amides is 1. The molecule has 1 heterocycles. The van der Waals surface area contributed by atoms with E-state index in [9.17, 15) is 18.4 Å². The van der Waals surface area contributed by atoms with Gasteiger partial charge in [-0.1, -0.05) is 24.8 Å². The van der Waals surface area contributed by atoms with Crippen molar-refractivity contribution in [3.63, 3.8) is 0 Å². The summed E-state index contributed by atoms with van der Waals surface area (Å²) in [5.74, 6) is -1.69. The van der Waals surface area contributed by atoms with Crippen LogP contribution in [0.2, 0.25) is 0 Å². The average molecular weight is 356 g/mol. The molecule has 0 aliphatic carbocycles. The molecule has 130 valence electrons. The minimum Gasteiger partial charge on any atom is -0.349 e. The van der Waals surface area contributed by atoms with Crippen molar-refractivity contribution in [2.45, 2.75) is 38.0 Å². The maximum absolute atomic E-state index is 13.7. The monoisotopic (exact) mass is 356 g/mol. The fraction of sp³-hybridized carbons (Fsp3) is 0.400. The van der Waals surface area contributed by atoms with Crippen molar-refractivity contribution >= 4 is 17.7 Å². The molecule has 1 aromatic carbocycles. The van der Waals surface area contributed by atoms with E-state index in [1.54, 1.807) is 6.92 Å². The summed E-state index contributed by atoms with van der Waals surface area (Å²) in [6.07, 6.45) is 0.764. The first kappa shape index (κ1) is 18.2. The van der Waals surface area contributed by atoms with Gasteiger partial charge in [0.15, 0.2) is 5.16 Å². The molecule has 1 aromatic heterocycles. The van der Waals surface area contributed by atoms with Crippen LogP contribution in [0.1, 0.15) is 31.9 Å². The molecule has 1 atom stereocenters. The van der Waals surface area contributed by atoms with E-state index >= 15 is 0 Å². The molecule has 1 amide bonds. The first-order chi connectivity index (χ1) is 11.4. The van der Waals surface area contributed by atoms with Gasteiger partial charge in [-0.25, -0.2) is 18.7 Å². The summed E-state index contributed by atoms with van der Waals surface area (Å²) in [6, 6.07) is 2.62.